The third kappa shape index (κ3) is 6.95. The standard InChI is InChI=1S/C37H48/c1-3-5-29-10-18-33(19-11-29)34-20-12-30(13-21-34)6-7-31-14-22-35(23-15-31)37-26-24-36(25-27-37)32-16-8-28(4-2)9-17-32/h12-15,20-29,32-33H,3-11,16-19H2,1-2H3/t28-,29-,32-,33-. The van der Waals surface area contributed by atoms with Crippen molar-refractivity contribution in [3.05, 3.63) is 95.1 Å². The lowest BCUT2D eigenvalue weighted by Gasteiger charge is -2.28. The molecule has 0 radical (unpaired) electrons. The summed E-state index contributed by atoms with van der Waals surface area (Å²) in [4.78, 5) is 0. The van der Waals surface area contributed by atoms with Crippen LogP contribution in [0.3, 0.4) is 0 Å². The smallest absolute Gasteiger partial charge is 0.0162 e. The van der Waals surface area contributed by atoms with Crippen molar-refractivity contribution in [1.29, 1.82) is 0 Å². The van der Waals surface area contributed by atoms with E-state index in [-0.39, 0.29) is 0 Å². The molecule has 0 spiro atoms. The van der Waals surface area contributed by atoms with Crippen molar-refractivity contribution in [2.24, 2.45) is 11.8 Å². The summed E-state index contributed by atoms with van der Waals surface area (Å²) in [7, 11) is 0. The summed E-state index contributed by atoms with van der Waals surface area (Å²) in [5.41, 5.74) is 8.70. The molecule has 196 valence electrons. The highest BCUT2D eigenvalue weighted by molar-refractivity contribution is 5.64. The van der Waals surface area contributed by atoms with Crippen molar-refractivity contribution in [3.63, 3.8) is 0 Å². The number of hydrogen-bond acceptors (Lipinski definition) is 0. The quantitative estimate of drug-likeness (QED) is 0.278. The lowest BCUT2D eigenvalue weighted by molar-refractivity contribution is 0.308. The van der Waals surface area contributed by atoms with Crippen LogP contribution in [0.25, 0.3) is 11.1 Å². The van der Waals surface area contributed by atoms with E-state index in [4.69, 9.17) is 0 Å². The van der Waals surface area contributed by atoms with Gasteiger partial charge in [-0.2, -0.15) is 0 Å². The number of aryl methyl sites for hydroxylation is 2. The van der Waals surface area contributed by atoms with Gasteiger partial charge in [-0.3, -0.25) is 0 Å². The highest BCUT2D eigenvalue weighted by Gasteiger charge is 2.22. The third-order valence-corrected chi connectivity index (χ3v) is 9.79. The Labute approximate surface area is 226 Å². The number of hydrogen-bond donors (Lipinski definition) is 0. The maximum Gasteiger partial charge on any atom is -0.0162 e. The van der Waals surface area contributed by atoms with Crippen molar-refractivity contribution in [3.8, 4) is 11.1 Å². The van der Waals surface area contributed by atoms with E-state index in [0.29, 0.717) is 0 Å². The Balaban J connectivity index is 1.11. The summed E-state index contributed by atoms with van der Waals surface area (Å²) < 4.78 is 0. The molecule has 0 heteroatoms. The zero-order valence-electron chi connectivity index (χ0n) is 23.4. The highest BCUT2D eigenvalue weighted by Crippen LogP contribution is 2.38. The molecule has 2 aliphatic carbocycles. The maximum absolute atomic E-state index is 2.42. The Morgan fingerprint density at radius 2 is 0.892 bits per heavy atom. The molecule has 0 amide bonds. The van der Waals surface area contributed by atoms with Crippen molar-refractivity contribution >= 4 is 0 Å². The first kappa shape index (κ1) is 26.3. The lowest BCUT2D eigenvalue weighted by Crippen LogP contribution is -2.13. The Hall–Kier alpha value is -2.34. The van der Waals surface area contributed by atoms with Gasteiger partial charge in [-0.15, -0.1) is 0 Å². The molecule has 0 aromatic heterocycles. The van der Waals surface area contributed by atoms with E-state index in [9.17, 15) is 0 Å². The first-order valence-electron chi connectivity index (χ1n) is 15.5. The van der Waals surface area contributed by atoms with Gasteiger partial charge < -0.3 is 0 Å². The molecule has 0 bridgehead atoms. The van der Waals surface area contributed by atoms with E-state index in [0.717, 1.165) is 36.5 Å². The van der Waals surface area contributed by atoms with Gasteiger partial charge in [-0.05, 0) is 121 Å². The van der Waals surface area contributed by atoms with Gasteiger partial charge in [-0.25, -0.2) is 0 Å². The van der Waals surface area contributed by atoms with Gasteiger partial charge in [0.2, 0.25) is 0 Å². The second kappa shape index (κ2) is 12.9. The molecule has 37 heavy (non-hydrogen) atoms. The van der Waals surface area contributed by atoms with Crippen LogP contribution in [0.4, 0.5) is 0 Å². The topological polar surface area (TPSA) is 0 Å². The van der Waals surface area contributed by atoms with Gasteiger partial charge in [0.25, 0.3) is 0 Å². The van der Waals surface area contributed by atoms with Crippen LogP contribution < -0.4 is 0 Å². The van der Waals surface area contributed by atoms with Crippen LogP contribution >= 0.6 is 0 Å². The molecule has 0 N–H and O–H groups in total. The Morgan fingerprint density at radius 1 is 0.486 bits per heavy atom. The van der Waals surface area contributed by atoms with Crippen LogP contribution in [-0.2, 0) is 12.8 Å². The SMILES string of the molecule is CCC[C@H]1CC[C@H](c2ccc(CCc3ccc(-c4ccc([C@H]5CC[C@H](CC)CC5)cc4)cc3)cc2)CC1. The fraction of sp³-hybridized carbons (Fsp3) is 0.514. The lowest BCUT2D eigenvalue weighted by atomic mass is 9.77. The normalized spacial score (nSPS) is 24.2. The van der Waals surface area contributed by atoms with E-state index in [1.165, 1.54) is 92.9 Å². The minimum atomic E-state index is 0.772. The fourth-order valence-electron chi connectivity index (χ4n) is 7.15. The molecule has 0 atom stereocenters. The minimum Gasteiger partial charge on any atom is -0.0654 e. The molecule has 0 unspecified atom stereocenters. The first-order chi connectivity index (χ1) is 18.2. The summed E-state index contributed by atoms with van der Waals surface area (Å²) >= 11 is 0. The highest BCUT2D eigenvalue weighted by atomic mass is 14.3. The van der Waals surface area contributed by atoms with Crippen LogP contribution in [-0.4, -0.2) is 0 Å². The molecule has 0 heterocycles. The molecule has 0 aliphatic heterocycles. The van der Waals surface area contributed by atoms with Crippen LogP contribution in [0.1, 0.15) is 119 Å². The number of rotatable bonds is 9. The molecule has 2 aliphatic rings. The predicted molar refractivity (Wildman–Crippen MR) is 160 cm³/mol. The fourth-order valence-corrected chi connectivity index (χ4v) is 7.15. The maximum atomic E-state index is 2.42. The zero-order valence-corrected chi connectivity index (χ0v) is 23.4. The van der Waals surface area contributed by atoms with Crippen molar-refractivity contribution in [2.45, 2.75) is 109 Å². The van der Waals surface area contributed by atoms with Crippen molar-refractivity contribution < 1.29 is 0 Å². The zero-order chi connectivity index (χ0) is 25.5. The van der Waals surface area contributed by atoms with E-state index in [1.54, 1.807) is 11.1 Å². The van der Waals surface area contributed by atoms with Crippen LogP contribution in [0.15, 0.2) is 72.8 Å². The summed E-state index contributed by atoms with van der Waals surface area (Å²) in [5, 5.41) is 0. The second-order valence-corrected chi connectivity index (χ2v) is 12.2. The first-order valence-corrected chi connectivity index (χ1v) is 15.5. The van der Waals surface area contributed by atoms with E-state index < -0.39 is 0 Å². The Kier molecular flexibility index (Phi) is 9.19. The molecule has 0 saturated heterocycles. The monoisotopic (exact) mass is 492 g/mol. The van der Waals surface area contributed by atoms with E-state index in [1.807, 2.05) is 0 Å². The van der Waals surface area contributed by atoms with Gasteiger partial charge in [0.15, 0.2) is 0 Å². The van der Waals surface area contributed by atoms with E-state index >= 15 is 0 Å². The van der Waals surface area contributed by atoms with Gasteiger partial charge >= 0.3 is 0 Å². The van der Waals surface area contributed by atoms with Gasteiger partial charge in [0.1, 0.15) is 0 Å². The van der Waals surface area contributed by atoms with Crippen LogP contribution in [0, 0.1) is 11.8 Å². The third-order valence-electron chi connectivity index (χ3n) is 9.79. The van der Waals surface area contributed by atoms with Gasteiger partial charge in [-0.1, -0.05) is 106 Å². The minimum absolute atomic E-state index is 0.772. The molecule has 3 aromatic carbocycles. The van der Waals surface area contributed by atoms with Gasteiger partial charge in [0.05, 0.1) is 0 Å². The number of benzene rings is 3. The van der Waals surface area contributed by atoms with Crippen molar-refractivity contribution in [1.82, 2.24) is 0 Å². The summed E-state index contributed by atoms with van der Waals surface area (Å²) in [6.45, 7) is 4.68. The Bertz CT molecular complexity index is 1060. The average Bonchev–Trinajstić information content (AvgIpc) is 2.97. The summed E-state index contributed by atoms with van der Waals surface area (Å²) in [5.74, 6) is 3.52. The summed E-state index contributed by atoms with van der Waals surface area (Å²) in [6, 6.07) is 28.4. The largest absolute Gasteiger partial charge is 0.0654 e. The summed E-state index contributed by atoms with van der Waals surface area (Å²) in [6.07, 6.45) is 17.6. The predicted octanol–water partition coefficient (Wildman–Crippen LogP) is 10.9. The van der Waals surface area contributed by atoms with Crippen LogP contribution in [0.5, 0.6) is 0 Å². The van der Waals surface area contributed by atoms with E-state index in [2.05, 4.69) is 86.6 Å². The molecule has 2 saturated carbocycles. The molecule has 3 aromatic rings. The molecule has 5 rings (SSSR count). The Morgan fingerprint density at radius 3 is 1.35 bits per heavy atom. The molecular weight excluding hydrogens is 444 g/mol. The van der Waals surface area contributed by atoms with Crippen LogP contribution in [0.2, 0.25) is 0 Å². The average molecular weight is 493 g/mol. The molecule has 0 nitrogen and oxygen atoms in total. The molecule has 2 fully saturated rings. The van der Waals surface area contributed by atoms with Gasteiger partial charge in [0, 0.05) is 0 Å². The second-order valence-electron chi connectivity index (χ2n) is 12.2. The molecular formula is C37H48. The van der Waals surface area contributed by atoms with Crippen molar-refractivity contribution in [2.75, 3.05) is 0 Å².